The number of hydrogen-bond donors (Lipinski definition) is 0. The Morgan fingerprint density at radius 2 is 2.17 bits per heavy atom. The minimum absolute atomic E-state index is 0.368. The van der Waals surface area contributed by atoms with Gasteiger partial charge >= 0.3 is 0 Å². The van der Waals surface area contributed by atoms with Crippen molar-refractivity contribution in [1.29, 1.82) is 5.26 Å². The van der Waals surface area contributed by atoms with E-state index in [1.54, 1.807) is 20.2 Å². The molecule has 1 heterocycles. The summed E-state index contributed by atoms with van der Waals surface area (Å²) in [6.45, 7) is 2.72. The zero-order chi connectivity index (χ0) is 17.6. The highest BCUT2D eigenvalue weighted by Crippen LogP contribution is 2.22. The van der Waals surface area contributed by atoms with Crippen LogP contribution in [0.4, 0.5) is 0 Å². The summed E-state index contributed by atoms with van der Waals surface area (Å²) < 4.78 is 31.8. The normalized spacial score (nSPS) is 19.3. The third-order valence-electron chi connectivity index (χ3n) is 4.46. The van der Waals surface area contributed by atoms with Gasteiger partial charge in [0, 0.05) is 33.8 Å². The smallest absolute Gasteiger partial charge is 0.218 e. The number of methoxy groups -OCH3 is 1. The van der Waals surface area contributed by atoms with Crippen molar-refractivity contribution in [1.82, 2.24) is 9.21 Å². The highest BCUT2D eigenvalue weighted by Gasteiger charge is 2.33. The maximum atomic E-state index is 12.7. The van der Waals surface area contributed by atoms with Gasteiger partial charge < -0.3 is 4.74 Å². The lowest BCUT2D eigenvalue weighted by Crippen LogP contribution is -2.47. The van der Waals surface area contributed by atoms with Gasteiger partial charge in [-0.1, -0.05) is 18.2 Å². The average molecular weight is 351 g/mol. The number of nitriles is 1. The number of rotatable bonds is 7. The molecule has 2 rings (SSSR count). The lowest BCUT2D eigenvalue weighted by Gasteiger charge is -2.34. The fraction of sp³-hybridized carbons (Fsp3) is 0.588. The van der Waals surface area contributed by atoms with Gasteiger partial charge in [-0.25, -0.2) is 12.7 Å². The van der Waals surface area contributed by atoms with Crippen LogP contribution in [0.25, 0.3) is 0 Å². The summed E-state index contributed by atoms with van der Waals surface area (Å²) in [7, 11) is -0.154. The Morgan fingerprint density at radius 3 is 2.88 bits per heavy atom. The van der Waals surface area contributed by atoms with Crippen LogP contribution in [0.1, 0.15) is 24.0 Å². The third kappa shape index (κ3) is 4.54. The van der Waals surface area contributed by atoms with Gasteiger partial charge in [0.15, 0.2) is 0 Å². The van der Waals surface area contributed by atoms with Gasteiger partial charge in [-0.05, 0) is 31.0 Å². The monoisotopic (exact) mass is 351 g/mol. The van der Waals surface area contributed by atoms with Crippen LogP contribution in [0, 0.1) is 11.3 Å². The molecule has 1 fully saturated rings. The zero-order valence-corrected chi connectivity index (χ0v) is 15.1. The second-order valence-electron chi connectivity index (χ2n) is 6.13. The molecule has 1 aliphatic heterocycles. The number of hydrogen-bond acceptors (Lipinski definition) is 5. The SMILES string of the molecule is COCCN(C)S(=O)(=O)C1CCCN(Cc2ccccc2C#N)C1. The summed E-state index contributed by atoms with van der Waals surface area (Å²) in [5, 5.41) is 8.80. The van der Waals surface area contributed by atoms with Crippen molar-refractivity contribution < 1.29 is 13.2 Å². The highest BCUT2D eigenvalue weighted by molar-refractivity contribution is 7.89. The summed E-state index contributed by atoms with van der Waals surface area (Å²) in [5.74, 6) is 0. The first-order valence-electron chi connectivity index (χ1n) is 8.13. The quantitative estimate of drug-likeness (QED) is 0.743. The first-order valence-corrected chi connectivity index (χ1v) is 9.63. The molecule has 1 aromatic rings. The highest BCUT2D eigenvalue weighted by atomic mass is 32.2. The third-order valence-corrected chi connectivity index (χ3v) is 6.74. The van der Waals surface area contributed by atoms with Crippen molar-refractivity contribution in [2.75, 3.05) is 40.4 Å². The molecular weight excluding hydrogens is 326 g/mol. The zero-order valence-electron chi connectivity index (χ0n) is 14.3. The van der Waals surface area contributed by atoms with Gasteiger partial charge in [-0.15, -0.1) is 0 Å². The molecule has 0 aromatic heterocycles. The summed E-state index contributed by atoms with van der Waals surface area (Å²) in [6.07, 6.45) is 1.52. The van der Waals surface area contributed by atoms with Crippen molar-refractivity contribution in [2.24, 2.45) is 0 Å². The Morgan fingerprint density at radius 1 is 1.42 bits per heavy atom. The van der Waals surface area contributed by atoms with E-state index in [4.69, 9.17) is 4.74 Å². The predicted octanol–water partition coefficient (Wildman–Crippen LogP) is 1.43. The van der Waals surface area contributed by atoms with Crippen molar-refractivity contribution in [3.05, 3.63) is 35.4 Å². The number of nitrogens with zero attached hydrogens (tertiary/aromatic N) is 3. The Hall–Kier alpha value is -1.46. The fourth-order valence-electron chi connectivity index (χ4n) is 3.01. The van der Waals surface area contributed by atoms with Gasteiger partial charge in [-0.3, -0.25) is 4.90 Å². The molecule has 0 amide bonds. The van der Waals surface area contributed by atoms with E-state index in [1.165, 1.54) is 4.31 Å². The molecule has 0 radical (unpaired) electrons. The van der Waals surface area contributed by atoms with E-state index in [-0.39, 0.29) is 0 Å². The first-order chi connectivity index (χ1) is 11.5. The van der Waals surface area contributed by atoms with Crippen molar-refractivity contribution in [3.63, 3.8) is 0 Å². The largest absolute Gasteiger partial charge is 0.383 e. The van der Waals surface area contributed by atoms with Gasteiger partial charge in [-0.2, -0.15) is 5.26 Å². The molecule has 1 aliphatic rings. The standard InChI is InChI=1S/C17H25N3O3S/c1-19(10-11-23-2)24(21,22)17-8-5-9-20(14-17)13-16-7-4-3-6-15(16)12-18/h3-4,6-7,17H,5,8-11,13-14H2,1-2H3. The molecule has 6 nitrogen and oxygen atoms in total. The number of likely N-dealkylation sites (N-methyl/N-ethyl adjacent to an activating group) is 1. The van der Waals surface area contributed by atoms with E-state index >= 15 is 0 Å². The predicted molar refractivity (Wildman–Crippen MR) is 92.9 cm³/mol. The van der Waals surface area contributed by atoms with E-state index in [0.717, 1.165) is 18.5 Å². The Labute approximate surface area is 144 Å². The van der Waals surface area contributed by atoms with Crippen LogP contribution in [0.2, 0.25) is 0 Å². The molecule has 24 heavy (non-hydrogen) atoms. The number of ether oxygens (including phenoxy) is 1. The van der Waals surface area contributed by atoms with Gasteiger partial charge in [0.1, 0.15) is 0 Å². The number of likely N-dealkylation sites (tertiary alicyclic amines) is 1. The van der Waals surface area contributed by atoms with Crippen LogP contribution in [0.3, 0.4) is 0 Å². The Balaban J connectivity index is 2.05. The van der Waals surface area contributed by atoms with Crippen LogP contribution in [0.5, 0.6) is 0 Å². The fourth-order valence-corrected chi connectivity index (χ4v) is 4.71. The van der Waals surface area contributed by atoms with Gasteiger partial charge in [0.2, 0.25) is 10.0 Å². The van der Waals surface area contributed by atoms with Crippen LogP contribution in [0.15, 0.2) is 24.3 Å². The number of sulfonamides is 1. The molecular formula is C17H25N3O3S. The molecule has 1 saturated heterocycles. The topological polar surface area (TPSA) is 73.6 Å². The van der Waals surface area contributed by atoms with Crippen LogP contribution >= 0.6 is 0 Å². The minimum atomic E-state index is -3.33. The van der Waals surface area contributed by atoms with Crippen LogP contribution in [-0.2, 0) is 21.3 Å². The molecule has 0 aliphatic carbocycles. The molecule has 0 bridgehead atoms. The van der Waals surface area contributed by atoms with Crippen LogP contribution in [-0.4, -0.2) is 63.3 Å². The molecule has 1 atom stereocenters. The summed E-state index contributed by atoms with van der Waals surface area (Å²) in [5.41, 5.74) is 1.60. The van der Waals surface area contributed by atoms with E-state index < -0.39 is 15.3 Å². The molecule has 1 unspecified atom stereocenters. The van der Waals surface area contributed by atoms with Crippen molar-refractivity contribution in [2.45, 2.75) is 24.6 Å². The Kier molecular flexibility index (Phi) is 6.75. The lowest BCUT2D eigenvalue weighted by atomic mass is 10.1. The van der Waals surface area contributed by atoms with Crippen molar-refractivity contribution in [3.8, 4) is 6.07 Å². The molecule has 1 aromatic carbocycles. The first kappa shape index (κ1) is 18.9. The van der Waals surface area contributed by atoms with E-state index in [9.17, 15) is 13.7 Å². The maximum Gasteiger partial charge on any atom is 0.218 e. The second kappa shape index (κ2) is 8.58. The summed E-state index contributed by atoms with van der Waals surface area (Å²) in [6, 6.07) is 9.68. The lowest BCUT2D eigenvalue weighted by molar-refractivity contribution is 0.182. The van der Waals surface area contributed by atoms with Gasteiger partial charge in [0.25, 0.3) is 0 Å². The molecule has 0 saturated carbocycles. The number of piperidine rings is 1. The summed E-state index contributed by atoms with van der Waals surface area (Å²) in [4.78, 5) is 2.13. The minimum Gasteiger partial charge on any atom is -0.383 e. The van der Waals surface area contributed by atoms with E-state index in [0.29, 0.717) is 38.2 Å². The Bertz CT molecular complexity index is 685. The maximum absolute atomic E-state index is 12.7. The molecule has 0 spiro atoms. The molecule has 7 heteroatoms. The second-order valence-corrected chi connectivity index (χ2v) is 8.45. The molecule has 0 N–H and O–H groups in total. The van der Waals surface area contributed by atoms with Gasteiger partial charge in [0.05, 0.1) is 23.5 Å². The molecule has 132 valence electrons. The van der Waals surface area contributed by atoms with Crippen molar-refractivity contribution >= 4 is 10.0 Å². The van der Waals surface area contributed by atoms with E-state index in [1.807, 2.05) is 18.2 Å². The summed E-state index contributed by atoms with van der Waals surface area (Å²) >= 11 is 0. The van der Waals surface area contributed by atoms with E-state index in [2.05, 4.69) is 11.0 Å². The number of benzene rings is 1. The van der Waals surface area contributed by atoms with Crippen LogP contribution < -0.4 is 0 Å². The average Bonchev–Trinajstić information content (AvgIpc) is 2.60.